The summed E-state index contributed by atoms with van der Waals surface area (Å²) in [6.07, 6.45) is 3.83. The molecule has 1 aromatic heterocycles. The van der Waals surface area contributed by atoms with Gasteiger partial charge in [-0.25, -0.2) is 0 Å². The molecule has 0 bridgehead atoms. The molecule has 0 saturated carbocycles. The van der Waals surface area contributed by atoms with Crippen molar-refractivity contribution in [3.8, 4) is 0 Å². The molecule has 0 aliphatic carbocycles. The Morgan fingerprint density at radius 3 is 2.55 bits per heavy atom. The van der Waals surface area contributed by atoms with Crippen molar-refractivity contribution in [2.24, 2.45) is 0 Å². The zero-order valence-electron chi connectivity index (χ0n) is 6.60. The van der Waals surface area contributed by atoms with Gasteiger partial charge in [-0.15, -0.1) is 0 Å². The van der Waals surface area contributed by atoms with Crippen molar-refractivity contribution in [3.05, 3.63) is 24.5 Å². The van der Waals surface area contributed by atoms with Gasteiger partial charge in [-0.05, 0) is 12.1 Å². The molecule has 1 atom stereocenters. The molecule has 1 aromatic rings. The van der Waals surface area contributed by atoms with Crippen LogP contribution < -0.4 is 0 Å². The van der Waals surface area contributed by atoms with Crippen molar-refractivity contribution in [1.82, 2.24) is 4.57 Å². The van der Waals surface area contributed by atoms with Crippen molar-refractivity contribution in [1.29, 1.82) is 0 Å². The lowest BCUT2D eigenvalue weighted by atomic mass is 10.3. The van der Waals surface area contributed by atoms with Crippen LogP contribution in [0.2, 0.25) is 0 Å². The normalized spacial score (nSPS) is 13.3. The fourth-order valence-electron chi connectivity index (χ4n) is 1.02. The van der Waals surface area contributed by atoms with E-state index < -0.39 is 0 Å². The number of ether oxygens (including phenoxy) is 1. The highest BCUT2D eigenvalue weighted by molar-refractivity contribution is 4.93. The topological polar surface area (TPSA) is 34.4 Å². The van der Waals surface area contributed by atoms with Gasteiger partial charge in [-0.2, -0.15) is 0 Å². The maximum atomic E-state index is 8.93. The first-order valence-electron chi connectivity index (χ1n) is 3.60. The van der Waals surface area contributed by atoms with Gasteiger partial charge in [0.1, 0.15) is 0 Å². The van der Waals surface area contributed by atoms with Gasteiger partial charge in [-0.1, -0.05) is 0 Å². The van der Waals surface area contributed by atoms with Crippen LogP contribution in [-0.2, 0) is 4.74 Å². The molecule has 3 nitrogen and oxygen atoms in total. The Kier molecular flexibility index (Phi) is 3.14. The minimum Gasteiger partial charge on any atom is -0.394 e. The van der Waals surface area contributed by atoms with Crippen LogP contribution in [0.15, 0.2) is 24.5 Å². The van der Waals surface area contributed by atoms with E-state index in [4.69, 9.17) is 9.84 Å². The molecule has 0 aliphatic rings. The minimum atomic E-state index is 0.0509. The van der Waals surface area contributed by atoms with Gasteiger partial charge in [-0.3, -0.25) is 0 Å². The Bertz CT molecular complexity index is 184. The molecule has 1 unspecified atom stereocenters. The predicted molar refractivity (Wildman–Crippen MR) is 42.4 cm³/mol. The molecular formula is C8H13NO2. The summed E-state index contributed by atoms with van der Waals surface area (Å²) in [6, 6.07) is 3.91. The van der Waals surface area contributed by atoms with Gasteiger partial charge in [0.05, 0.1) is 19.3 Å². The molecule has 1 rings (SSSR count). The molecular weight excluding hydrogens is 142 g/mol. The van der Waals surface area contributed by atoms with Gasteiger partial charge in [0.15, 0.2) is 0 Å². The zero-order chi connectivity index (χ0) is 8.10. The third kappa shape index (κ3) is 2.06. The van der Waals surface area contributed by atoms with Crippen LogP contribution in [0.5, 0.6) is 0 Å². The fourth-order valence-corrected chi connectivity index (χ4v) is 1.02. The van der Waals surface area contributed by atoms with E-state index in [1.54, 1.807) is 7.11 Å². The third-order valence-corrected chi connectivity index (χ3v) is 1.62. The standard InChI is InChI=1S/C8H13NO2/c1-11-7-8(6-10)9-4-2-3-5-9/h2-5,8,10H,6-7H2,1H3. The largest absolute Gasteiger partial charge is 0.394 e. The van der Waals surface area contributed by atoms with Crippen LogP contribution in [0, 0.1) is 0 Å². The first-order chi connectivity index (χ1) is 5.38. The summed E-state index contributed by atoms with van der Waals surface area (Å²) in [7, 11) is 1.63. The molecule has 3 heteroatoms. The Morgan fingerprint density at radius 1 is 1.45 bits per heavy atom. The summed E-state index contributed by atoms with van der Waals surface area (Å²) in [5, 5.41) is 8.93. The van der Waals surface area contributed by atoms with Crippen LogP contribution in [0.3, 0.4) is 0 Å². The van der Waals surface area contributed by atoms with E-state index in [2.05, 4.69) is 0 Å². The Morgan fingerprint density at radius 2 is 2.09 bits per heavy atom. The smallest absolute Gasteiger partial charge is 0.0794 e. The molecule has 1 N–H and O–H groups in total. The Labute approximate surface area is 66.2 Å². The van der Waals surface area contributed by atoms with Gasteiger partial charge in [0, 0.05) is 19.5 Å². The zero-order valence-corrected chi connectivity index (χ0v) is 6.60. The summed E-state index contributed by atoms with van der Waals surface area (Å²) < 4.78 is 6.87. The number of rotatable bonds is 4. The van der Waals surface area contributed by atoms with Crippen LogP contribution in [0.25, 0.3) is 0 Å². The van der Waals surface area contributed by atoms with Gasteiger partial charge in [0.25, 0.3) is 0 Å². The highest BCUT2D eigenvalue weighted by Gasteiger charge is 2.06. The van der Waals surface area contributed by atoms with E-state index in [0.717, 1.165) is 0 Å². The fraction of sp³-hybridized carbons (Fsp3) is 0.500. The molecule has 1 heterocycles. The van der Waals surface area contributed by atoms with Crippen molar-refractivity contribution >= 4 is 0 Å². The second-order valence-corrected chi connectivity index (χ2v) is 2.42. The summed E-state index contributed by atoms with van der Waals surface area (Å²) >= 11 is 0. The summed E-state index contributed by atoms with van der Waals surface area (Å²) in [5.41, 5.74) is 0. The van der Waals surface area contributed by atoms with Crippen molar-refractivity contribution in [3.63, 3.8) is 0 Å². The predicted octanol–water partition coefficient (Wildman–Crippen LogP) is 0.668. The highest BCUT2D eigenvalue weighted by Crippen LogP contribution is 2.05. The molecule has 0 aliphatic heterocycles. The molecule has 0 aromatic carbocycles. The van der Waals surface area contributed by atoms with E-state index in [1.807, 2.05) is 29.1 Å². The summed E-state index contributed by atoms with van der Waals surface area (Å²) in [5.74, 6) is 0. The first-order valence-corrected chi connectivity index (χ1v) is 3.60. The van der Waals surface area contributed by atoms with Crippen molar-refractivity contribution in [2.75, 3.05) is 20.3 Å². The summed E-state index contributed by atoms with van der Waals surface area (Å²) in [4.78, 5) is 0. The SMILES string of the molecule is COCC(CO)n1cccc1. The van der Waals surface area contributed by atoms with E-state index in [1.165, 1.54) is 0 Å². The maximum Gasteiger partial charge on any atom is 0.0794 e. The first kappa shape index (κ1) is 8.30. The van der Waals surface area contributed by atoms with Gasteiger partial charge < -0.3 is 14.4 Å². The number of nitrogens with zero attached hydrogens (tertiary/aromatic N) is 1. The Balaban J connectivity index is 2.56. The third-order valence-electron chi connectivity index (χ3n) is 1.62. The number of aliphatic hydroxyl groups is 1. The molecule has 0 radical (unpaired) electrons. The molecule has 0 spiro atoms. The van der Waals surface area contributed by atoms with E-state index in [9.17, 15) is 0 Å². The molecule has 11 heavy (non-hydrogen) atoms. The number of hydrogen-bond acceptors (Lipinski definition) is 2. The molecule has 62 valence electrons. The molecule has 0 saturated heterocycles. The van der Waals surface area contributed by atoms with Crippen molar-refractivity contribution in [2.45, 2.75) is 6.04 Å². The monoisotopic (exact) mass is 155 g/mol. The van der Waals surface area contributed by atoms with Crippen LogP contribution in [-0.4, -0.2) is 30.0 Å². The van der Waals surface area contributed by atoms with E-state index in [0.29, 0.717) is 6.61 Å². The number of aromatic nitrogens is 1. The van der Waals surface area contributed by atoms with E-state index >= 15 is 0 Å². The average molecular weight is 155 g/mol. The quantitative estimate of drug-likeness (QED) is 0.693. The lowest BCUT2D eigenvalue weighted by Gasteiger charge is -2.14. The highest BCUT2D eigenvalue weighted by atomic mass is 16.5. The van der Waals surface area contributed by atoms with Crippen LogP contribution in [0.4, 0.5) is 0 Å². The lowest BCUT2D eigenvalue weighted by Crippen LogP contribution is -2.16. The minimum absolute atomic E-state index is 0.0509. The molecule has 0 amide bonds. The second kappa shape index (κ2) is 4.16. The number of hydrogen-bond donors (Lipinski definition) is 1. The maximum absolute atomic E-state index is 8.93. The molecule has 0 fully saturated rings. The van der Waals surface area contributed by atoms with Gasteiger partial charge >= 0.3 is 0 Å². The second-order valence-electron chi connectivity index (χ2n) is 2.42. The van der Waals surface area contributed by atoms with E-state index in [-0.39, 0.29) is 12.6 Å². The van der Waals surface area contributed by atoms with Crippen LogP contribution >= 0.6 is 0 Å². The average Bonchev–Trinajstić information content (AvgIpc) is 2.52. The Hall–Kier alpha value is -0.800. The lowest BCUT2D eigenvalue weighted by molar-refractivity contribution is 0.115. The van der Waals surface area contributed by atoms with Gasteiger partial charge in [0.2, 0.25) is 0 Å². The van der Waals surface area contributed by atoms with Crippen molar-refractivity contribution < 1.29 is 9.84 Å². The number of methoxy groups -OCH3 is 1. The van der Waals surface area contributed by atoms with Crippen LogP contribution in [0.1, 0.15) is 6.04 Å². The summed E-state index contributed by atoms with van der Waals surface area (Å²) in [6.45, 7) is 0.660. The number of aliphatic hydroxyl groups excluding tert-OH is 1.